The molecule has 0 aliphatic rings. The van der Waals surface area contributed by atoms with E-state index >= 15 is 0 Å². The molecule has 0 amide bonds. The van der Waals surface area contributed by atoms with Crippen LogP contribution in [0.2, 0.25) is 0 Å². The fourth-order valence-electron chi connectivity index (χ4n) is 0.257. The molecule has 0 radical (unpaired) electrons. The zero-order valence-corrected chi connectivity index (χ0v) is 5.52. The number of aliphatic carboxylic acids is 1. The zero-order chi connectivity index (χ0) is 7.44. The topological polar surface area (TPSA) is 101 Å². The molecular weight excluding hydrogens is 135 g/mol. The first-order chi connectivity index (χ1) is 4.09. The molecule has 0 aromatic carbocycles. The normalized spacial score (nSPS) is 15.1. The summed E-state index contributed by atoms with van der Waals surface area (Å²) in [6, 6.07) is 0. The Bertz CT molecular complexity index is 106. The Labute approximate surface area is 69.5 Å². The van der Waals surface area contributed by atoms with Crippen LogP contribution in [0.3, 0.4) is 0 Å². The standard InChI is InChI=1S/C4H8O5.Li/c5-1-2(6)3(7)4(8)9;/h2-3,5-7H,1H2,(H,8,9);/q;+1/p-1/t2-,3+;/m0./s1. The Kier molecular flexibility index (Phi) is 7.20. The quantitative estimate of drug-likeness (QED) is 0.340. The molecular formula is C4H7LiO5. The molecule has 54 valence electrons. The van der Waals surface area contributed by atoms with E-state index in [2.05, 4.69) is 0 Å². The van der Waals surface area contributed by atoms with Gasteiger partial charge in [0.2, 0.25) is 0 Å². The van der Waals surface area contributed by atoms with Crippen LogP contribution in [-0.2, 0) is 4.79 Å². The molecule has 0 rings (SSSR count). The molecule has 0 saturated carbocycles. The summed E-state index contributed by atoms with van der Waals surface area (Å²) in [4.78, 5) is 9.67. The van der Waals surface area contributed by atoms with Crippen LogP contribution in [0, 0.1) is 0 Å². The van der Waals surface area contributed by atoms with Crippen LogP contribution in [-0.4, -0.2) is 40.1 Å². The van der Waals surface area contributed by atoms with Gasteiger partial charge in [0.05, 0.1) is 12.6 Å². The van der Waals surface area contributed by atoms with Gasteiger partial charge < -0.3 is 25.2 Å². The summed E-state index contributed by atoms with van der Waals surface area (Å²) in [6.45, 7) is -0.796. The van der Waals surface area contributed by atoms with Gasteiger partial charge in [0.25, 0.3) is 0 Å². The van der Waals surface area contributed by atoms with Gasteiger partial charge in [0.1, 0.15) is 12.2 Å². The predicted molar refractivity (Wildman–Crippen MR) is 24.1 cm³/mol. The summed E-state index contributed by atoms with van der Waals surface area (Å²) >= 11 is 0. The minimum atomic E-state index is -2.00. The second kappa shape index (κ2) is 5.71. The third-order valence-corrected chi connectivity index (χ3v) is 0.793. The number of rotatable bonds is 3. The molecule has 5 nitrogen and oxygen atoms in total. The van der Waals surface area contributed by atoms with Crippen molar-refractivity contribution >= 4 is 5.97 Å². The van der Waals surface area contributed by atoms with Gasteiger partial charge in [-0.05, 0) is 0 Å². The maximum absolute atomic E-state index is 9.67. The van der Waals surface area contributed by atoms with Crippen molar-refractivity contribution in [3.8, 4) is 0 Å². The van der Waals surface area contributed by atoms with Gasteiger partial charge in [-0.2, -0.15) is 0 Å². The largest absolute Gasteiger partial charge is 1.00 e. The van der Waals surface area contributed by atoms with E-state index < -0.39 is 24.8 Å². The van der Waals surface area contributed by atoms with Crippen molar-refractivity contribution in [2.24, 2.45) is 0 Å². The summed E-state index contributed by atoms with van der Waals surface area (Å²) < 4.78 is 0. The number of carbonyl (C=O) groups excluding carboxylic acids is 1. The third-order valence-electron chi connectivity index (χ3n) is 0.793. The number of carbonyl (C=O) groups is 1. The van der Waals surface area contributed by atoms with Gasteiger partial charge in [0, 0.05) is 0 Å². The molecule has 0 fully saturated rings. The van der Waals surface area contributed by atoms with Gasteiger partial charge >= 0.3 is 18.9 Å². The van der Waals surface area contributed by atoms with E-state index in [-0.39, 0.29) is 18.9 Å². The van der Waals surface area contributed by atoms with Crippen molar-refractivity contribution < 1.29 is 44.1 Å². The monoisotopic (exact) mass is 142 g/mol. The van der Waals surface area contributed by atoms with Crippen LogP contribution in [0.15, 0.2) is 0 Å². The molecule has 0 aromatic heterocycles. The molecule has 0 aromatic rings. The molecule has 0 aliphatic heterocycles. The predicted octanol–water partition coefficient (Wildman–Crippen LogP) is -6.55. The SMILES string of the molecule is O=C([O-])[C@H](O)[C@@H](O)CO.[Li+]. The summed E-state index contributed by atoms with van der Waals surface area (Å²) in [6.07, 6.45) is -3.66. The zero-order valence-electron chi connectivity index (χ0n) is 5.52. The van der Waals surface area contributed by atoms with Crippen molar-refractivity contribution in [2.75, 3.05) is 6.61 Å². The average Bonchev–Trinajstić information content (AvgIpc) is 1.84. The number of carboxylic acid groups (broad SMARTS) is 1. The number of carboxylic acids is 1. The molecule has 0 saturated heterocycles. The van der Waals surface area contributed by atoms with Crippen LogP contribution in [0.1, 0.15) is 0 Å². The molecule has 0 bridgehead atoms. The Hall–Kier alpha value is -0.0526. The van der Waals surface area contributed by atoms with Gasteiger partial charge in [-0.15, -0.1) is 0 Å². The Balaban J connectivity index is 0. The second-order valence-corrected chi connectivity index (χ2v) is 1.51. The molecule has 2 atom stereocenters. The minimum Gasteiger partial charge on any atom is -0.547 e. The Morgan fingerprint density at radius 1 is 1.50 bits per heavy atom. The van der Waals surface area contributed by atoms with Gasteiger partial charge in [-0.1, -0.05) is 0 Å². The first-order valence-electron chi connectivity index (χ1n) is 2.27. The number of hydrogen-bond acceptors (Lipinski definition) is 5. The number of aliphatic hydroxyl groups excluding tert-OH is 3. The van der Waals surface area contributed by atoms with Crippen LogP contribution in [0.5, 0.6) is 0 Å². The van der Waals surface area contributed by atoms with Gasteiger partial charge in [-0.3, -0.25) is 0 Å². The van der Waals surface area contributed by atoms with Crippen molar-refractivity contribution in [2.45, 2.75) is 12.2 Å². The summed E-state index contributed by atoms with van der Waals surface area (Å²) in [7, 11) is 0. The van der Waals surface area contributed by atoms with Crippen molar-refractivity contribution in [1.82, 2.24) is 0 Å². The van der Waals surface area contributed by atoms with E-state index in [1.54, 1.807) is 0 Å². The van der Waals surface area contributed by atoms with E-state index in [4.69, 9.17) is 15.3 Å². The van der Waals surface area contributed by atoms with E-state index in [1.165, 1.54) is 0 Å². The number of aliphatic hydroxyl groups is 3. The Morgan fingerprint density at radius 2 is 1.90 bits per heavy atom. The van der Waals surface area contributed by atoms with Crippen LogP contribution in [0.4, 0.5) is 0 Å². The molecule has 0 spiro atoms. The van der Waals surface area contributed by atoms with Crippen LogP contribution < -0.4 is 24.0 Å². The van der Waals surface area contributed by atoms with Gasteiger partial charge in [-0.25, -0.2) is 0 Å². The number of hydrogen-bond donors (Lipinski definition) is 3. The molecule has 0 unspecified atom stereocenters. The van der Waals surface area contributed by atoms with Gasteiger partial charge in [0.15, 0.2) is 0 Å². The smallest absolute Gasteiger partial charge is 0.547 e. The molecule has 10 heavy (non-hydrogen) atoms. The average molecular weight is 142 g/mol. The van der Waals surface area contributed by atoms with Crippen molar-refractivity contribution in [3.63, 3.8) is 0 Å². The summed E-state index contributed by atoms with van der Waals surface area (Å²) in [5.41, 5.74) is 0. The fourth-order valence-corrected chi connectivity index (χ4v) is 0.257. The maximum atomic E-state index is 9.67. The molecule has 0 aliphatic carbocycles. The molecule has 6 heteroatoms. The summed E-state index contributed by atoms with van der Waals surface area (Å²) in [5.74, 6) is -1.79. The van der Waals surface area contributed by atoms with E-state index in [1.807, 2.05) is 0 Å². The third kappa shape index (κ3) is 3.88. The second-order valence-electron chi connectivity index (χ2n) is 1.51. The minimum absolute atomic E-state index is 0. The first-order valence-corrected chi connectivity index (χ1v) is 2.27. The van der Waals surface area contributed by atoms with E-state index in [0.717, 1.165) is 0 Å². The first kappa shape index (κ1) is 12.6. The van der Waals surface area contributed by atoms with Crippen LogP contribution in [0.25, 0.3) is 0 Å². The summed E-state index contributed by atoms with van der Waals surface area (Å²) in [5, 5.41) is 34.4. The van der Waals surface area contributed by atoms with E-state index in [9.17, 15) is 9.90 Å². The van der Waals surface area contributed by atoms with Crippen molar-refractivity contribution in [1.29, 1.82) is 0 Å². The van der Waals surface area contributed by atoms with Crippen molar-refractivity contribution in [3.05, 3.63) is 0 Å². The fraction of sp³-hybridized carbons (Fsp3) is 0.750. The van der Waals surface area contributed by atoms with E-state index in [0.29, 0.717) is 0 Å². The molecule has 3 N–H and O–H groups in total. The maximum Gasteiger partial charge on any atom is 1.00 e. The van der Waals surface area contributed by atoms with Crippen LogP contribution >= 0.6 is 0 Å². The molecule has 0 heterocycles. The Morgan fingerprint density at radius 3 is 2.00 bits per heavy atom.